The van der Waals surface area contributed by atoms with Crippen molar-refractivity contribution in [3.63, 3.8) is 0 Å². The molecule has 0 bridgehead atoms. The molecule has 0 heterocycles. The maximum atomic E-state index is 12.0. The lowest BCUT2D eigenvalue weighted by Crippen LogP contribution is -2.09. The molecule has 0 aliphatic heterocycles. The zero-order chi connectivity index (χ0) is 17.2. The molecular formula is C20H23NO3. The maximum Gasteiger partial charge on any atom is 0.184 e. The summed E-state index contributed by atoms with van der Waals surface area (Å²) in [5.74, 6) is 0.892. The predicted molar refractivity (Wildman–Crippen MR) is 95.9 cm³/mol. The molecule has 0 aliphatic carbocycles. The first kappa shape index (κ1) is 17.9. The van der Waals surface area contributed by atoms with Gasteiger partial charge in [0.2, 0.25) is 0 Å². The zero-order valence-corrected chi connectivity index (χ0v) is 14.1. The second-order valence-electron chi connectivity index (χ2n) is 5.62. The first-order chi connectivity index (χ1) is 11.7. The SMILES string of the molecule is COc1ccc(C(=O)CN=CC(C)COCc2ccccc2)cc1. The highest BCUT2D eigenvalue weighted by molar-refractivity contribution is 5.98. The first-order valence-corrected chi connectivity index (χ1v) is 7.98. The van der Waals surface area contributed by atoms with Crippen molar-refractivity contribution in [2.45, 2.75) is 13.5 Å². The molecule has 2 aromatic rings. The number of Topliss-reactive ketones (excluding diaryl/α,β-unsaturated/α-hetero) is 1. The van der Waals surface area contributed by atoms with Gasteiger partial charge in [-0.15, -0.1) is 0 Å². The molecule has 24 heavy (non-hydrogen) atoms. The van der Waals surface area contributed by atoms with E-state index in [9.17, 15) is 4.79 Å². The van der Waals surface area contributed by atoms with E-state index in [0.717, 1.165) is 11.3 Å². The Hall–Kier alpha value is -2.46. The molecule has 0 saturated heterocycles. The smallest absolute Gasteiger partial charge is 0.184 e. The molecule has 0 amide bonds. The van der Waals surface area contributed by atoms with Crippen molar-refractivity contribution in [1.29, 1.82) is 0 Å². The fraction of sp³-hybridized carbons (Fsp3) is 0.300. The van der Waals surface area contributed by atoms with E-state index in [0.29, 0.717) is 18.8 Å². The third-order valence-electron chi connectivity index (χ3n) is 3.50. The van der Waals surface area contributed by atoms with Crippen LogP contribution in [-0.2, 0) is 11.3 Å². The summed E-state index contributed by atoms with van der Waals surface area (Å²) in [6.45, 7) is 3.33. The summed E-state index contributed by atoms with van der Waals surface area (Å²) in [4.78, 5) is 16.3. The summed E-state index contributed by atoms with van der Waals surface area (Å²) in [5, 5.41) is 0. The maximum absolute atomic E-state index is 12.0. The molecule has 4 nitrogen and oxygen atoms in total. The molecule has 0 saturated carbocycles. The molecule has 126 valence electrons. The topological polar surface area (TPSA) is 47.9 Å². The minimum atomic E-state index is -0.00805. The highest BCUT2D eigenvalue weighted by Crippen LogP contribution is 2.11. The largest absolute Gasteiger partial charge is 0.497 e. The average Bonchev–Trinajstić information content (AvgIpc) is 2.62. The fourth-order valence-corrected chi connectivity index (χ4v) is 2.16. The van der Waals surface area contributed by atoms with Gasteiger partial charge in [-0.1, -0.05) is 37.3 Å². The lowest BCUT2D eigenvalue weighted by atomic mass is 10.1. The van der Waals surface area contributed by atoms with Crippen LogP contribution in [0.15, 0.2) is 59.6 Å². The number of rotatable bonds is 9. The van der Waals surface area contributed by atoms with Gasteiger partial charge >= 0.3 is 0 Å². The van der Waals surface area contributed by atoms with Crippen LogP contribution in [0.5, 0.6) is 5.75 Å². The van der Waals surface area contributed by atoms with Crippen LogP contribution in [0, 0.1) is 5.92 Å². The van der Waals surface area contributed by atoms with Gasteiger partial charge in [0.25, 0.3) is 0 Å². The van der Waals surface area contributed by atoms with Crippen molar-refractivity contribution in [2.24, 2.45) is 10.9 Å². The van der Waals surface area contributed by atoms with Crippen molar-refractivity contribution < 1.29 is 14.3 Å². The van der Waals surface area contributed by atoms with Crippen LogP contribution in [0.25, 0.3) is 0 Å². The number of nitrogens with zero attached hydrogens (tertiary/aromatic N) is 1. The summed E-state index contributed by atoms with van der Waals surface area (Å²) >= 11 is 0. The van der Waals surface area contributed by atoms with Crippen LogP contribution in [-0.4, -0.2) is 32.3 Å². The van der Waals surface area contributed by atoms with Gasteiger partial charge < -0.3 is 9.47 Å². The molecule has 0 N–H and O–H groups in total. The minimum Gasteiger partial charge on any atom is -0.497 e. The summed E-state index contributed by atoms with van der Waals surface area (Å²) in [6.07, 6.45) is 1.78. The third-order valence-corrected chi connectivity index (χ3v) is 3.50. The van der Waals surface area contributed by atoms with Crippen LogP contribution >= 0.6 is 0 Å². The number of ether oxygens (including phenoxy) is 2. The quantitative estimate of drug-likeness (QED) is 0.520. The summed E-state index contributed by atoms with van der Waals surface area (Å²) in [6, 6.07) is 17.1. The van der Waals surface area contributed by atoms with Gasteiger partial charge in [0.15, 0.2) is 5.78 Å². The molecule has 4 heteroatoms. The van der Waals surface area contributed by atoms with Gasteiger partial charge in [-0.25, -0.2) is 0 Å². The van der Waals surface area contributed by atoms with Crippen LogP contribution in [0.3, 0.4) is 0 Å². The van der Waals surface area contributed by atoms with Gasteiger partial charge in [-0.05, 0) is 29.8 Å². The Morgan fingerprint density at radius 1 is 1.12 bits per heavy atom. The summed E-state index contributed by atoms with van der Waals surface area (Å²) in [7, 11) is 1.60. The van der Waals surface area contributed by atoms with E-state index in [4.69, 9.17) is 9.47 Å². The van der Waals surface area contributed by atoms with Crippen LogP contribution in [0.2, 0.25) is 0 Å². The van der Waals surface area contributed by atoms with Crippen LogP contribution in [0.1, 0.15) is 22.8 Å². The Balaban J connectivity index is 1.71. The fourth-order valence-electron chi connectivity index (χ4n) is 2.16. The van der Waals surface area contributed by atoms with E-state index >= 15 is 0 Å². The number of hydrogen-bond donors (Lipinski definition) is 0. The Morgan fingerprint density at radius 2 is 1.83 bits per heavy atom. The number of hydrogen-bond acceptors (Lipinski definition) is 4. The standard InChI is InChI=1S/C20H23NO3/c1-16(14-24-15-17-6-4-3-5-7-17)12-21-13-20(22)18-8-10-19(23-2)11-9-18/h3-12,16H,13-15H2,1-2H3. The average molecular weight is 325 g/mol. The van der Waals surface area contributed by atoms with Crippen LogP contribution < -0.4 is 4.74 Å². The van der Waals surface area contributed by atoms with Gasteiger partial charge in [0.1, 0.15) is 12.3 Å². The first-order valence-electron chi connectivity index (χ1n) is 7.98. The Kier molecular flexibility index (Phi) is 7.18. The molecule has 0 aliphatic rings. The lowest BCUT2D eigenvalue weighted by molar-refractivity contribution is 0.1000. The third kappa shape index (κ3) is 5.97. The normalized spacial score (nSPS) is 12.2. The second kappa shape index (κ2) is 9.63. The molecule has 2 aromatic carbocycles. The van der Waals surface area contributed by atoms with Crippen molar-refractivity contribution in [3.8, 4) is 5.75 Å². The molecule has 0 spiro atoms. The molecular weight excluding hydrogens is 302 g/mol. The Bertz CT molecular complexity index is 650. The zero-order valence-electron chi connectivity index (χ0n) is 14.1. The predicted octanol–water partition coefficient (Wildman–Crippen LogP) is 3.80. The number of carbonyl (C=O) groups excluding carboxylic acids is 1. The van der Waals surface area contributed by atoms with E-state index in [1.54, 1.807) is 37.6 Å². The molecule has 1 atom stereocenters. The Labute approximate surface area is 143 Å². The summed E-state index contributed by atoms with van der Waals surface area (Å²) < 4.78 is 10.7. The van der Waals surface area contributed by atoms with Gasteiger partial charge in [-0.2, -0.15) is 0 Å². The molecule has 0 radical (unpaired) electrons. The number of benzene rings is 2. The number of methoxy groups -OCH3 is 1. The van der Waals surface area contributed by atoms with Crippen molar-refractivity contribution in [1.82, 2.24) is 0 Å². The summed E-state index contributed by atoms with van der Waals surface area (Å²) in [5.41, 5.74) is 1.79. The van der Waals surface area contributed by atoms with Gasteiger partial charge in [0, 0.05) is 17.7 Å². The van der Waals surface area contributed by atoms with E-state index in [-0.39, 0.29) is 18.2 Å². The van der Waals surface area contributed by atoms with Crippen molar-refractivity contribution >= 4 is 12.0 Å². The molecule has 0 aromatic heterocycles. The molecule has 1 unspecified atom stereocenters. The number of carbonyl (C=O) groups is 1. The highest BCUT2D eigenvalue weighted by Gasteiger charge is 2.05. The second-order valence-corrected chi connectivity index (χ2v) is 5.62. The molecule has 0 fully saturated rings. The van der Waals surface area contributed by atoms with Crippen molar-refractivity contribution in [2.75, 3.05) is 20.3 Å². The highest BCUT2D eigenvalue weighted by atomic mass is 16.5. The van der Waals surface area contributed by atoms with E-state index < -0.39 is 0 Å². The van der Waals surface area contributed by atoms with Gasteiger partial charge in [-0.3, -0.25) is 9.79 Å². The van der Waals surface area contributed by atoms with Crippen molar-refractivity contribution in [3.05, 3.63) is 65.7 Å². The number of aliphatic imine (C=N–C) groups is 1. The number of ketones is 1. The minimum absolute atomic E-state index is 0.00805. The lowest BCUT2D eigenvalue weighted by Gasteiger charge is -2.07. The van der Waals surface area contributed by atoms with E-state index in [1.807, 2.05) is 37.3 Å². The molecule has 2 rings (SSSR count). The van der Waals surface area contributed by atoms with E-state index in [2.05, 4.69) is 4.99 Å². The Morgan fingerprint density at radius 3 is 2.50 bits per heavy atom. The van der Waals surface area contributed by atoms with E-state index in [1.165, 1.54) is 0 Å². The monoisotopic (exact) mass is 325 g/mol. The van der Waals surface area contributed by atoms with Gasteiger partial charge in [0.05, 0.1) is 20.3 Å². The van der Waals surface area contributed by atoms with Crippen LogP contribution in [0.4, 0.5) is 0 Å².